The first kappa shape index (κ1) is 25.8. The van der Waals surface area contributed by atoms with Gasteiger partial charge in [0.15, 0.2) is 35.2 Å². The zero-order valence-electron chi connectivity index (χ0n) is 21.4. The quantitative estimate of drug-likeness (QED) is 0.422. The van der Waals surface area contributed by atoms with Crippen molar-refractivity contribution in [1.29, 1.82) is 0 Å². The highest BCUT2D eigenvalue weighted by atomic mass is 16.6. The average molecular weight is 525 g/mol. The minimum absolute atomic E-state index is 0.205. The summed E-state index contributed by atoms with van der Waals surface area (Å²) in [4.78, 5) is 24.7. The maximum absolute atomic E-state index is 12.3. The van der Waals surface area contributed by atoms with Crippen LogP contribution in [0.4, 0.5) is 9.59 Å². The topological polar surface area (TPSA) is 119 Å². The first-order chi connectivity index (χ1) is 18.6. The van der Waals surface area contributed by atoms with E-state index in [4.69, 9.17) is 18.9 Å². The summed E-state index contributed by atoms with van der Waals surface area (Å²) < 4.78 is 23.1. The van der Waals surface area contributed by atoms with E-state index in [1.54, 1.807) is 0 Å². The molecule has 204 valence electrons. The number of nitrogens with one attached hydrogen (secondary N) is 4. The summed E-state index contributed by atoms with van der Waals surface area (Å²) in [7, 11) is 0. The van der Waals surface area contributed by atoms with Crippen LogP contribution in [-0.2, 0) is 0 Å². The summed E-state index contributed by atoms with van der Waals surface area (Å²) in [5.41, 5.74) is 0. The molecule has 0 spiro atoms. The number of urea groups is 2. The standard InChI is InChI=1S/C28H36N4O6/c33-27(31-15-21-17-35-23-8-1-3-10-25(23)37-21)29-13-19-6-5-7-20(12-19)14-30-28(34)32-16-22-18-36-24-9-2-4-11-26(24)38-22/h1-4,8-11,19-22H,5-7,12-18H2,(H2,29,31,33)(H2,30,32,34)/t19-,20+,21-,22-/m0/s1. The van der Waals surface area contributed by atoms with Crippen molar-refractivity contribution in [3.8, 4) is 23.0 Å². The first-order valence-electron chi connectivity index (χ1n) is 13.4. The highest BCUT2D eigenvalue weighted by Gasteiger charge is 2.25. The van der Waals surface area contributed by atoms with Crippen molar-refractivity contribution in [2.75, 3.05) is 39.4 Å². The van der Waals surface area contributed by atoms with Crippen molar-refractivity contribution in [1.82, 2.24) is 21.3 Å². The van der Waals surface area contributed by atoms with Gasteiger partial charge in [0.05, 0.1) is 13.1 Å². The number of hydrogen-bond donors (Lipinski definition) is 4. The largest absolute Gasteiger partial charge is 0.486 e. The van der Waals surface area contributed by atoms with Gasteiger partial charge < -0.3 is 40.2 Å². The SMILES string of the molecule is O=C(NC[C@H]1CCC[C@@H](CNC(=O)NC[C@H]2COc3ccccc3O2)C1)NC[C@H]1COc2ccccc2O1. The number of benzene rings is 2. The normalized spacial score (nSPS) is 23.6. The third-order valence-electron chi connectivity index (χ3n) is 7.11. The number of carbonyl (C=O) groups is 2. The van der Waals surface area contributed by atoms with Gasteiger partial charge in [0.1, 0.15) is 13.2 Å². The molecule has 0 saturated heterocycles. The van der Waals surface area contributed by atoms with Crippen LogP contribution in [0.15, 0.2) is 48.5 Å². The molecule has 5 rings (SSSR count). The second-order valence-electron chi connectivity index (χ2n) is 10.1. The van der Waals surface area contributed by atoms with Crippen LogP contribution in [0, 0.1) is 11.8 Å². The summed E-state index contributed by atoms with van der Waals surface area (Å²) in [5.74, 6) is 3.63. The predicted octanol–water partition coefficient (Wildman–Crippen LogP) is 3.07. The lowest BCUT2D eigenvalue weighted by molar-refractivity contribution is 0.0916. The van der Waals surface area contributed by atoms with Gasteiger partial charge >= 0.3 is 12.1 Å². The Morgan fingerprint density at radius 1 is 0.632 bits per heavy atom. The molecule has 2 aliphatic heterocycles. The fourth-order valence-electron chi connectivity index (χ4n) is 5.11. The van der Waals surface area contributed by atoms with Gasteiger partial charge in [-0.3, -0.25) is 0 Å². The monoisotopic (exact) mass is 524 g/mol. The molecule has 10 heteroatoms. The Kier molecular flexibility index (Phi) is 8.57. The maximum Gasteiger partial charge on any atom is 0.314 e. The molecule has 4 atom stereocenters. The summed E-state index contributed by atoms with van der Waals surface area (Å²) >= 11 is 0. The number of carbonyl (C=O) groups excluding carboxylic acids is 2. The molecular weight excluding hydrogens is 488 g/mol. The average Bonchev–Trinajstić information content (AvgIpc) is 2.97. The van der Waals surface area contributed by atoms with Crippen LogP contribution in [0.2, 0.25) is 0 Å². The lowest BCUT2D eigenvalue weighted by Crippen LogP contribution is -2.46. The van der Waals surface area contributed by atoms with Gasteiger partial charge in [-0.25, -0.2) is 9.59 Å². The molecule has 4 N–H and O–H groups in total. The second kappa shape index (κ2) is 12.6. The van der Waals surface area contributed by atoms with E-state index in [9.17, 15) is 9.59 Å². The van der Waals surface area contributed by atoms with Gasteiger partial charge in [0.2, 0.25) is 0 Å². The van der Waals surface area contributed by atoms with Gasteiger partial charge in [-0.1, -0.05) is 30.7 Å². The van der Waals surface area contributed by atoms with E-state index in [-0.39, 0.29) is 24.3 Å². The highest BCUT2D eigenvalue weighted by molar-refractivity contribution is 5.74. The zero-order valence-corrected chi connectivity index (χ0v) is 21.4. The Bertz CT molecular complexity index is 1020. The van der Waals surface area contributed by atoms with Gasteiger partial charge in [0.25, 0.3) is 0 Å². The molecule has 2 heterocycles. The Labute approximate surface area is 222 Å². The van der Waals surface area contributed by atoms with Crippen molar-refractivity contribution in [3.05, 3.63) is 48.5 Å². The Balaban J connectivity index is 0.944. The third-order valence-corrected chi connectivity index (χ3v) is 7.11. The van der Waals surface area contributed by atoms with Crippen LogP contribution in [0.25, 0.3) is 0 Å². The molecule has 4 amide bonds. The summed E-state index contributed by atoms with van der Waals surface area (Å²) in [6.45, 7) is 2.77. The number of para-hydroxylation sites is 4. The lowest BCUT2D eigenvalue weighted by atomic mass is 9.81. The molecule has 3 aliphatic rings. The Morgan fingerprint density at radius 2 is 1.05 bits per heavy atom. The molecule has 38 heavy (non-hydrogen) atoms. The molecule has 2 aromatic rings. The molecule has 2 aromatic carbocycles. The van der Waals surface area contributed by atoms with Crippen molar-refractivity contribution in [2.24, 2.45) is 11.8 Å². The van der Waals surface area contributed by atoms with E-state index in [1.165, 1.54) is 0 Å². The van der Waals surface area contributed by atoms with E-state index in [1.807, 2.05) is 48.5 Å². The molecule has 0 bridgehead atoms. The summed E-state index contributed by atoms with van der Waals surface area (Å²) in [6, 6.07) is 14.6. The number of ether oxygens (including phenoxy) is 4. The highest BCUT2D eigenvalue weighted by Crippen LogP contribution is 2.32. The van der Waals surface area contributed by atoms with Gasteiger partial charge in [0, 0.05) is 13.1 Å². The van der Waals surface area contributed by atoms with Crippen LogP contribution in [-0.4, -0.2) is 63.7 Å². The molecular formula is C28H36N4O6. The van der Waals surface area contributed by atoms with E-state index >= 15 is 0 Å². The van der Waals surface area contributed by atoms with Crippen molar-refractivity contribution < 1.29 is 28.5 Å². The van der Waals surface area contributed by atoms with Gasteiger partial charge in [-0.2, -0.15) is 0 Å². The third kappa shape index (κ3) is 7.14. The molecule has 0 aromatic heterocycles. The number of rotatable bonds is 8. The minimum atomic E-state index is -0.222. The van der Waals surface area contributed by atoms with Crippen LogP contribution in [0.3, 0.4) is 0 Å². The van der Waals surface area contributed by atoms with Crippen LogP contribution in [0.5, 0.6) is 23.0 Å². The van der Waals surface area contributed by atoms with Crippen molar-refractivity contribution >= 4 is 12.1 Å². The zero-order chi connectivity index (χ0) is 26.2. The Morgan fingerprint density at radius 3 is 1.53 bits per heavy atom. The van der Waals surface area contributed by atoms with E-state index < -0.39 is 0 Å². The van der Waals surface area contributed by atoms with Crippen LogP contribution in [0.1, 0.15) is 25.7 Å². The summed E-state index contributed by atoms with van der Waals surface area (Å²) in [5, 5.41) is 11.7. The van der Waals surface area contributed by atoms with Crippen molar-refractivity contribution in [2.45, 2.75) is 37.9 Å². The Hall–Kier alpha value is -3.82. The van der Waals surface area contributed by atoms with Crippen LogP contribution < -0.4 is 40.2 Å². The molecule has 0 unspecified atom stereocenters. The van der Waals surface area contributed by atoms with Gasteiger partial charge in [-0.05, 0) is 55.4 Å². The summed E-state index contributed by atoms with van der Waals surface area (Å²) in [6.07, 6.45) is 3.74. The predicted molar refractivity (Wildman–Crippen MR) is 141 cm³/mol. The van der Waals surface area contributed by atoms with Crippen LogP contribution >= 0.6 is 0 Å². The number of fused-ring (bicyclic) bond motifs is 2. The minimum Gasteiger partial charge on any atom is -0.486 e. The fraction of sp³-hybridized carbons (Fsp3) is 0.500. The van der Waals surface area contributed by atoms with Gasteiger partial charge in [-0.15, -0.1) is 0 Å². The molecule has 10 nitrogen and oxygen atoms in total. The first-order valence-corrected chi connectivity index (χ1v) is 13.4. The number of hydrogen-bond acceptors (Lipinski definition) is 6. The van der Waals surface area contributed by atoms with Crippen molar-refractivity contribution in [3.63, 3.8) is 0 Å². The van der Waals surface area contributed by atoms with E-state index in [0.717, 1.165) is 37.2 Å². The smallest absolute Gasteiger partial charge is 0.314 e. The van der Waals surface area contributed by atoms with E-state index in [0.29, 0.717) is 62.7 Å². The molecule has 0 radical (unpaired) electrons. The lowest BCUT2D eigenvalue weighted by Gasteiger charge is -2.30. The second-order valence-corrected chi connectivity index (χ2v) is 10.1. The molecule has 1 aliphatic carbocycles. The molecule has 1 saturated carbocycles. The molecule has 1 fully saturated rings. The fourth-order valence-corrected chi connectivity index (χ4v) is 5.11. The van der Waals surface area contributed by atoms with E-state index in [2.05, 4.69) is 21.3 Å². The maximum atomic E-state index is 12.3. The number of amides is 4.